The first-order valence-electron chi connectivity index (χ1n) is 8.39. The summed E-state index contributed by atoms with van der Waals surface area (Å²) in [5, 5.41) is 3.79. The SMILES string of the molecule is CCN1CCN(C2CSCc3ccccc3N2)c2ccccc21. The zero-order valence-electron chi connectivity index (χ0n) is 13.5. The molecule has 2 aromatic carbocycles. The molecular weight excluding hydrogens is 302 g/mol. The largest absolute Gasteiger partial charge is 0.368 e. The minimum absolute atomic E-state index is 0.351. The lowest BCUT2D eigenvalue weighted by Crippen LogP contribution is -2.50. The number of benzene rings is 2. The normalized spacial score (nSPS) is 20.3. The zero-order valence-corrected chi connectivity index (χ0v) is 14.4. The molecule has 1 unspecified atom stereocenters. The van der Waals surface area contributed by atoms with E-state index in [0.29, 0.717) is 6.17 Å². The molecule has 0 saturated heterocycles. The van der Waals surface area contributed by atoms with Crippen LogP contribution >= 0.6 is 11.8 Å². The van der Waals surface area contributed by atoms with Crippen LogP contribution in [0.1, 0.15) is 12.5 Å². The summed E-state index contributed by atoms with van der Waals surface area (Å²) in [6, 6.07) is 17.5. The Hall–Kier alpha value is -1.81. The third-order valence-corrected chi connectivity index (χ3v) is 5.84. The average Bonchev–Trinajstić information content (AvgIpc) is 2.83. The third-order valence-electron chi connectivity index (χ3n) is 4.77. The van der Waals surface area contributed by atoms with Gasteiger partial charge in [-0.2, -0.15) is 11.8 Å². The monoisotopic (exact) mass is 325 g/mol. The van der Waals surface area contributed by atoms with E-state index in [2.05, 4.69) is 70.6 Å². The summed E-state index contributed by atoms with van der Waals surface area (Å²) in [7, 11) is 0. The van der Waals surface area contributed by atoms with Crippen molar-refractivity contribution in [2.24, 2.45) is 0 Å². The van der Waals surface area contributed by atoms with Crippen molar-refractivity contribution in [3.05, 3.63) is 54.1 Å². The van der Waals surface area contributed by atoms with Gasteiger partial charge in [-0.3, -0.25) is 0 Å². The molecule has 0 saturated carbocycles. The minimum atomic E-state index is 0.351. The number of thioether (sulfide) groups is 1. The summed E-state index contributed by atoms with van der Waals surface area (Å²) in [6.45, 7) is 5.48. The number of anilines is 3. The van der Waals surface area contributed by atoms with Crippen LogP contribution in [0.4, 0.5) is 17.1 Å². The van der Waals surface area contributed by atoms with Crippen LogP contribution in [0.15, 0.2) is 48.5 Å². The molecule has 0 aromatic heterocycles. The van der Waals surface area contributed by atoms with E-state index in [0.717, 1.165) is 31.1 Å². The lowest BCUT2D eigenvalue weighted by atomic mass is 10.1. The van der Waals surface area contributed by atoms with Gasteiger partial charge in [-0.25, -0.2) is 0 Å². The molecule has 1 atom stereocenters. The van der Waals surface area contributed by atoms with Gasteiger partial charge in [0.25, 0.3) is 0 Å². The maximum Gasteiger partial charge on any atom is 0.108 e. The van der Waals surface area contributed by atoms with Crippen molar-refractivity contribution in [1.82, 2.24) is 0 Å². The fourth-order valence-electron chi connectivity index (χ4n) is 3.55. The molecular formula is C19H23N3S. The van der Waals surface area contributed by atoms with Crippen molar-refractivity contribution in [3.63, 3.8) is 0 Å². The highest BCUT2D eigenvalue weighted by molar-refractivity contribution is 7.98. The zero-order chi connectivity index (χ0) is 15.6. The molecule has 2 aliphatic heterocycles. The van der Waals surface area contributed by atoms with Crippen LogP contribution < -0.4 is 15.1 Å². The summed E-state index contributed by atoms with van der Waals surface area (Å²) in [5.74, 6) is 2.20. The fraction of sp³-hybridized carbons (Fsp3) is 0.368. The molecule has 1 N–H and O–H groups in total. The molecule has 0 amide bonds. The van der Waals surface area contributed by atoms with Crippen molar-refractivity contribution in [1.29, 1.82) is 0 Å². The molecule has 3 nitrogen and oxygen atoms in total. The van der Waals surface area contributed by atoms with E-state index in [1.54, 1.807) is 0 Å². The number of hydrogen-bond acceptors (Lipinski definition) is 4. The van der Waals surface area contributed by atoms with Crippen molar-refractivity contribution in [3.8, 4) is 0 Å². The van der Waals surface area contributed by atoms with Crippen LogP contribution in [0.5, 0.6) is 0 Å². The van der Waals surface area contributed by atoms with E-state index in [1.807, 2.05) is 11.8 Å². The maximum absolute atomic E-state index is 3.79. The molecule has 120 valence electrons. The number of likely N-dealkylation sites (N-methyl/N-ethyl adjacent to an activating group) is 1. The summed E-state index contributed by atoms with van der Waals surface area (Å²) in [5.41, 5.74) is 5.43. The summed E-state index contributed by atoms with van der Waals surface area (Å²) in [6.07, 6.45) is 0.351. The Morgan fingerprint density at radius 3 is 2.70 bits per heavy atom. The summed E-state index contributed by atoms with van der Waals surface area (Å²) >= 11 is 2.02. The predicted octanol–water partition coefficient (Wildman–Crippen LogP) is 4.02. The molecule has 0 spiro atoms. The molecule has 0 fully saturated rings. The average molecular weight is 325 g/mol. The molecule has 2 aromatic rings. The van der Waals surface area contributed by atoms with Gasteiger partial charge >= 0.3 is 0 Å². The van der Waals surface area contributed by atoms with Gasteiger partial charge in [-0.05, 0) is 30.7 Å². The van der Waals surface area contributed by atoms with Crippen molar-refractivity contribution in [2.45, 2.75) is 18.8 Å². The summed E-state index contributed by atoms with van der Waals surface area (Å²) < 4.78 is 0. The maximum atomic E-state index is 3.79. The van der Waals surface area contributed by atoms with Gasteiger partial charge in [0, 0.05) is 36.8 Å². The first kappa shape index (κ1) is 14.8. The number of fused-ring (bicyclic) bond motifs is 2. The molecule has 0 radical (unpaired) electrons. The predicted molar refractivity (Wildman–Crippen MR) is 102 cm³/mol. The Balaban J connectivity index is 1.66. The standard InChI is InChI=1S/C19H23N3S/c1-2-21-11-12-22(18-10-6-5-9-17(18)21)19-14-23-13-15-7-3-4-8-16(15)20-19/h3-10,19-20H,2,11-14H2,1H3. The van der Waals surface area contributed by atoms with Crippen molar-refractivity contribution >= 4 is 28.8 Å². The van der Waals surface area contributed by atoms with E-state index in [4.69, 9.17) is 0 Å². The lowest BCUT2D eigenvalue weighted by Gasteiger charge is -2.42. The van der Waals surface area contributed by atoms with E-state index >= 15 is 0 Å². The highest BCUT2D eigenvalue weighted by Gasteiger charge is 2.28. The Kier molecular flexibility index (Phi) is 4.08. The molecule has 0 bridgehead atoms. The third kappa shape index (κ3) is 2.76. The first-order valence-corrected chi connectivity index (χ1v) is 9.55. The van der Waals surface area contributed by atoms with E-state index in [9.17, 15) is 0 Å². The van der Waals surface area contributed by atoms with Gasteiger partial charge in [0.15, 0.2) is 0 Å². The van der Waals surface area contributed by atoms with Gasteiger partial charge in [0.2, 0.25) is 0 Å². The number of rotatable bonds is 2. The van der Waals surface area contributed by atoms with Gasteiger partial charge in [-0.15, -0.1) is 0 Å². The van der Waals surface area contributed by atoms with Gasteiger partial charge in [-0.1, -0.05) is 30.3 Å². The van der Waals surface area contributed by atoms with E-state index < -0.39 is 0 Å². The van der Waals surface area contributed by atoms with Gasteiger partial charge < -0.3 is 15.1 Å². The number of nitrogens with one attached hydrogen (secondary N) is 1. The molecule has 4 rings (SSSR count). The van der Waals surface area contributed by atoms with Crippen LogP contribution in [0.25, 0.3) is 0 Å². The molecule has 2 aliphatic rings. The summed E-state index contributed by atoms with van der Waals surface area (Å²) in [4.78, 5) is 5.03. The second-order valence-electron chi connectivity index (χ2n) is 6.09. The first-order chi connectivity index (χ1) is 11.4. The number of hydrogen-bond donors (Lipinski definition) is 1. The highest BCUT2D eigenvalue weighted by atomic mass is 32.2. The second-order valence-corrected chi connectivity index (χ2v) is 7.12. The van der Waals surface area contributed by atoms with Crippen LogP contribution in [-0.4, -0.2) is 31.6 Å². The molecule has 2 heterocycles. The van der Waals surface area contributed by atoms with Crippen LogP contribution in [-0.2, 0) is 5.75 Å². The van der Waals surface area contributed by atoms with Gasteiger partial charge in [0.1, 0.15) is 6.17 Å². The van der Waals surface area contributed by atoms with Crippen molar-refractivity contribution < 1.29 is 0 Å². The smallest absolute Gasteiger partial charge is 0.108 e. The lowest BCUT2D eigenvalue weighted by molar-refractivity contribution is 0.657. The van der Waals surface area contributed by atoms with Gasteiger partial charge in [0.05, 0.1) is 11.4 Å². The van der Waals surface area contributed by atoms with Crippen LogP contribution in [0.2, 0.25) is 0 Å². The molecule has 23 heavy (non-hydrogen) atoms. The highest BCUT2D eigenvalue weighted by Crippen LogP contribution is 2.36. The van der Waals surface area contributed by atoms with Crippen molar-refractivity contribution in [2.75, 3.05) is 40.5 Å². The topological polar surface area (TPSA) is 18.5 Å². The Morgan fingerprint density at radius 2 is 1.83 bits per heavy atom. The fourth-order valence-corrected chi connectivity index (χ4v) is 4.63. The van der Waals surface area contributed by atoms with E-state index in [-0.39, 0.29) is 0 Å². The van der Waals surface area contributed by atoms with Crippen LogP contribution in [0.3, 0.4) is 0 Å². The molecule has 0 aliphatic carbocycles. The quantitative estimate of drug-likeness (QED) is 0.898. The minimum Gasteiger partial charge on any atom is -0.368 e. The Morgan fingerprint density at radius 1 is 1.04 bits per heavy atom. The van der Waals surface area contributed by atoms with Crippen LogP contribution in [0, 0.1) is 0 Å². The Bertz CT molecular complexity index is 688. The Labute approximate surface area is 142 Å². The van der Waals surface area contributed by atoms with E-state index in [1.165, 1.54) is 22.6 Å². The number of nitrogens with zero attached hydrogens (tertiary/aromatic N) is 2. The second kappa shape index (κ2) is 6.36. The number of para-hydroxylation sites is 3. The molecule has 4 heteroatoms.